The van der Waals surface area contributed by atoms with Crippen molar-refractivity contribution >= 4 is 17.8 Å². The second-order valence-electron chi connectivity index (χ2n) is 5.70. The van der Waals surface area contributed by atoms with E-state index in [1.807, 2.05) is 13.0 Å². The molecule has 2 N–H and O–H groups in total. The van der Waals surface area contributed by atoms with Gasteiger partial charge in [0, 0.05) is 6.54 Å². The van der Waals surface area contributed by atoms with Gasteiger partial charge >= 0.3 is 6.03 Å². The summed E-state index contributed by atoms with van der Waals surface area (Å²) in [6.45, 7) is 1.90. The van der Waals surface area contributed by atoms with E-state index < -0.39 is 17.5 Å². The lowest BCUT2D eigenvalue weighted by Gasteiger charge is -2.36. The van der Waals surface area contributed by atoms with E-state index in [1.165, 1.54) is 0 Å². The van der Waals surface area contributed by atoms with Crippen molar-refractivity contribution in [3.8, 4) is 6.07 Å². The number of carbonyl (C=O) groups is 3. The van der Waals surface area contributed by atoms with Crippen LogP contribution in [0.3, 0.4) is 0 Å². The second kappa shape index (κ2) is 6.12. The van der Waals surface area contributed by atoms with Gasteiger partial charge in [0.25, 0.3) is 5.91 Å². The van der Waals surface area contributed by atoms with Gasteiger partial charge in [-0.25, -0.2) is 4.79 Å². The Labute approximate surface area is 123 Å². The van der Waals surface area contributed by atoms with E-state index in [2.05, 4.69) is 10.6 Å². The van der Waals surface area contributed by atoms with Crippen molar-refractivity contribution in [3.05, 3.63) is 0 Å². The molecule has 0 unspecified atom stereocenters. The second-order valence-corrected chi connectivity index (χ2v) is 5.70. The summed E-state index contributed by atoms with van der Waals surface area (Å²) < 4.78 is 0. The molecule has 2 rings (SSSR count). The van der Waals surface area contributed by atoms with Crippen LogP contribution in [0.2, 0.25) is 0 Å². The van der Waals surface area contributed by atoms with Crippen LogP contribution in [0.1, 0.15) is 39.0 Å². The maximum absolute atomic E-state index is 12.6. The highest BCUT2D eigenvalue weighted by molar-refractivity contribution is 6.09. The number of rotatable bonds is 4. The summed E-state index contributed by atoms with van der Waals surface area (Å²) in [4.78, 5) is 37.3. The lowest BCUT2D eigenvalue weighted by Crippen LogP contribution is -2.54. The molecule has 0 aromatic heterocycles. The molecule has 7 nitrogen and oxygen atoms in total. The summed E-state index contributed by atoms with van der Waals surface area (Å²) in [5, 5.41) is 13.7. The van der Waals surface area contributed by atoms with Crippen molar-refractivity contribution in [2.45, 2.75) is 44.6 Å². The summed E-state index contributed by atoms with van der Waals surface area (Å²) >= 11 is 0. The normalized spacial score (nSPS) is 28.4. The highest BCUT2D eigenvalue weighted by Crippen LogP contribution is 2.37. The molecule has 0 aromatic rings. The van der Waals surface area contributed by atoms with Crippen LogP contribution in [0.5, 0.6) is 0 Å². The Balaban J connectivity index is 2.02. The Hall–Kier alpha value is -2.10. The van der Waals surface area contributed by atoms with E-state index in [0.29, 0.717) is 6.42 Å². The molecule has 1 saturated heterocycles. The van der Waals surface area contributed by atoms with Gasteiger partial charge in [-0.05, 0) is 18.8 Å². The fourth-order valence-electron chi connectivity index (χ4n) is 3.10. The molecule has 0 aromatic carbocycles. The number of nitrogens with zero attached hydrogens (tertiary/aromatic N) is 2. The largest absolute Gasteiger partial charge is 0.354 e. The van der Waals surface area contributed by atoms with Gasteiger partial charge in [-0.2, -0.15) is 5.26 Å². The molecule has 7 heteroatoms. The molecule has 2 fully saturated rings. The molecule has 4 amide bonds. The van der Waals surface area contributed by atoms with Gasteiger partial charge in [0.15, 0.2) is 0 Å². The standard InChI is InChI=1S/C14H20N4O3/c1-10-5-2-3-6-14(10)12(20)18(13(21)17-14)9-11(19)16-8-4-7-15/h10H,2-6,8-9H2,1H3,(H,16,19)(H,17,21)/t10-,14+/m0/s1. The minimum atomic E-state index is -0.831. The topological polar surface area (TPSA) is 102 Å². The first-order valence-electron chi connectivity index (χ1n) is 7.29. The first-order chi connectivity index (χ1) is 10.0. The fourth-order valence-corrected chi connectivity index (χ4v) is 3.10. The molecule has 2 aliphatic rings. The maximum atomic E-state index is 12.6. The number of carbonyl (C=O) groups excluding carboxylic acids is 3. The Morgan fingerprint density at radius 1 is 1.52 bits per heavy atom. The van der Waals surface area contributed by atoms with Gasteiger partial charge in [-0.1, -0.05) is 19.8 Å². The minimum absolute atomic E-state index is 0.0781. The zero-order valence-corrected chi connectivity index (χ0v) is 12.1. The van der Waals surface area contributed by atoms with E-state index in [-0.39, 0.29) is 31.3 Å². The molecule has 21 heavy (non-hydrogen) atoms. The first-order valence-corrected chi connectivity index (χ1v) is 7.29. The Kier molecular flexibility index (Phi) is 4.46. The summed E-state index contributed by atoms with van der Waals surface area (Å²) in [5.74, 6) is -0.640. The molecule has 0 radical (unpaired) electrons. The summed E-state index contributed by atoms with van der Waals surface area (Å²) in [6, 6.07) is 1.42. The third-order valence-corrected chi connectivity index (χ3v) is 4.36. The van der Waals surface area contributed by atoms with E-state index >= 15 is 0 Å². The van der Waals surface area contributed by atoms with E-state index in [9.17, 15) is 14.4 Å². The van der Waals surface area contributed by atoms with Crippen molar-refractivity contribution in [2.75, 3.05) is 13.1 Å². The smallest absolute Gasteiger partial charge is 0.325 e. The van der Waals surface area contributed by atoms with Crippen LogP contribution < -0.4 is 10.6 Å². The number of urea groups is 1. The van der Waals surface area contributed by atoms with E-state index in [0.717, 1.165) is 24.2 Å². The van der Waals surface area contributed by atoms with Crippen LogP contribution in [0.15, 0.2) is 0 Å². The number of imide groups is 1. The SMILES string of the molecule is C[C@H]1CCCC[C@@]12NC(=O)N(CC(=O)NCCC#N)C2=O. The number of hydrogen-bond acceptors (Lipinski definition) is 4. The molecule has 1 aliphatic carbocycles. The van der Waals surface area contributed by atoms with Crippen LogP contribution >= 0.6 is 0 Å². The van der Waals surface area contributed by atoms with E-state index in [1.54, 1.807) is 0 Å². The third-order valence-electron chi connectivity index (χ3n) is 4.36. The molecular formula is C14H20N4O3. The van der Waals surface area contributed by atoms with E-state index in [4.69, 9.17) is 5.26 Å². The van der Waals surface area contributed by atoms with Crippen molar-refractivity contribution in [1.29, 1.82) is 5.26 Å². The molecule has 114 valence electrons. The van der Waals surface area contributed by atoms with Crippen LogP contribution in [0, 0.1) is 17.2 Å². The minimum Gasteiger partial charge on any atom is -0.354 e. The summed E-state index contributed by atoms with van der Waals surface area (Å²) in [5.41, 5.74) is -0.831. The van der Waals surface area contributed by atoms with Crippen molar-refractivity contribution in [1.82, 2.24) is 15.5 Å². The molecular weight excluding hydrogens is 272 g/mol. The molecule has 1 saturated carbocycles. The highest BCUT2D eigenvalue weighted by atomic mass is 16.2. The molecule has 0 bridgehead atoms. The average Bonchev–Trinajstić information content (AvgIpc) is 2.68. The highest BCUT2D eigenvalue weighted by Gasteiger charge is 2.55. The van der Waals surface area contributed by atoms with Gasteiger partial charge in [0.1, 0.15) is 12.1 Å². The number of amides is 4. The van der Waals surface area contributed by atoms with Gasteiger partial charge in [0.2, 0.25) is 5.91 Å². The van der Waals surface area contributed by atoms with Crippen molar-refractivity contribution in [3.63, 3.8) is 0 Å². The zero-order valence-electron chi connectivity index (χ0n) is 12.1. The molecule has 1 aliphatic heterocycles. The lowest BCUT2D eigenvalue weighted by molar-refractivity contribution is -0.137. The zero-order chi connectivity index (χ0) is 15.5. The monoisotopic (exact) mass is 292 g/mol. The van der Waals surface area contributed by atoms with Crippen LogP contribution in [0.4, 0.5) is 4.79 Å². The van der Waals surface area contributed by atoms with Crippen molar-refractivity contribution < 1.29 is 14.4 Å². The number of hydrogen-bond donors (Lipinski definition) is 2. The predicted octanol–water partition coefficient (Wildman–Crippen LogP) is 0.517. The molecule has 1 spiro atoms. The lowest BCUT2D eigenvalue weighted by atomic mass is 9.73. The third kappa shape index (κ3) is 2.84. The Morgan fingerprint density at radius 3 is 2.95 bits per heavy atom. The van der Waals surface area contributed by atoms with Crippen LogP contribution in [-0.2, 0) is 9.59 Å². The molecule has 1 heterocycles. The quantitative estimate of drug-likeness (QED) is 0.582. The Morgan fingerprint density at radius 2 is 2.29 bits per heavy atom. The van der Waals surface area contributed by atoms with Gasteiger partial charge in [-0.15, -0.1) is 0 Å². The van der Waals surface area contributed by atoms with Crippen LogP contribution in [-0.4, -0.2) is 41.4 Å². The van der Waals surface area contributed by atoms with Gasteiger partial charge in [-0.3, -0.25) is 14.5 Å². The van der Waals surface area contributed by atoms with Gasteiger partial charge in [0.05, 0.1) is 12.5 Å². The Bertz CT molecular complexity index is 499. The predicted molar refractivity (Wildman–Crippen MR) is 73.8 cm³/mol. The summed E-state index contributed by atoms with van der Waals surface area (Å²) in [6.07, 6.45) is 3.69. The van der Waals surface area contributed by atoms with Crippen molar-refractivity contribution in [2.24, 2.45) is 5.92 Å². The fraction of sp³-hybridized carbons (Fsp3) is 0.714. The maximum Gasteiger partial charge on any atom is 0.325 e. The average molecular weight is 292 g/mol. The number of nitriles is 1. The summed E-state index contributed by atoms with van der Waals surface area (Å²) in [7, 11) is 0. The number of nitrogens with one attached hydrogen (secondary N) is 2. The molecule has 2 atom stereocenters. The van der Waals surface area contributed by atoms with Gasteiger partial charge < -0.3 is 10.6 Å². The van der Waals surface area contributed by atoms with Crippen LogP contribution in [0.25, 0.3) is 0 Å². The first kappa shape index (κ1) is 15.3.